The largest absolute Gasteiger partial charge is 0.482 e. The van der Waals surface area contributed by atoms with Crippen LogP contribution < -0.4 is 15.9 Å². The summed E-state index contributed by atoms with van der Waals surface area (Å²) in [6.07, 6.45) is 0. The Hall–Kier alpha value is -3.16. The number of sulfonamides is 1. The first-order valence-corrected chi connectivity index (χ1v) is 12.0. The Balaban J connectivity index is 1.63. The topological polar surface area (TPSA) is 132 Å². The maximum Gasteiger partial charge on any atom is 0.242 e. The van der Waals surface area contributed by atoms with Crippen molar-refractivity contribution in [2.75, 3.05) is 25.3 Å². The number of thioether (sulfide) groups is 1. The number of carbonyl (C=O) groups excluding carboxylic acids is 1. The smallest absolute Gasteiger partial charge is 0.242 e. The van der Waals surface area contributed by atoms with E-state index in [9.17, 15) is 17.6 Å². The minimum atomic E-state index is -3.63. The van der Waals surface area contributed by atoms with E-state index < -0.39 is 21.1 Å². The molecule has 3 aromatic rings. The summed E-state index contributed by atoms with van der Waals surface area (Å²) in [7, 11) is -0.775. The lowest BCUT2D eigenvalue weighted by Crippen LogP contribution is -2.25. The van der Waals surface area contributed by atoms with Gasteiger partial charge in [0.1, 0.15) is 6.61 Å². The first kappa shape index (κ1) is 24.5. The highest BCUT2D eigenvalue weighted by atomic mass is 32.2. The molecule has 33 heavy (non-hydrogen) atoms. The summed E-state index contributed by atoms with van der Waals surface area (Å²) in [5, 5.41) is 10.2. The molecule has 3 rings (SSSR count). The molecule has 0 aliphatic heterocycles. The van der Waals surface area contributed by atoms with Gasteiger partial charge in [-0.25, -0.2) is 21.8 Å². The molecule has 0 fully saturated rings. The number of aromatic nitrogens is 3. The third kappa shape index (κ3) is 5.80. The lowest BCUT2D eigenvalue weighted by atomic mass is 10.3. The summed E-state index contributed by atoms with van der Waals surface area (Å²) in [5.41, 5.74) is 0.337. The van der Waals surface area contributed by atoms with Crippen LogP contribution in [0.5, 0.6) is 5.75 Å². The van der Waals surface area contributed by atoms with Crippen molar-refractivity contribution in [3.8, 4) is 5.75 Å². The molecule has 0 saturated heterocycles. The first-order valence-electron chi connectivity index (χ1n) is 9.66. The molecule has 3 N–H and O–H groups in total. The van der Waals surface area contributed by atoms with Gasteiger partial charge in [0.05, 0.1) is 10.1 Å². The predicted molar refractivity (Wildman–Crippen MR) is 122 cm³/mol. The van der Waals surface area contributed by atoms with Gasteiger partial charge in [0.15, 0.2) is 17.4 Å². The molecule has 176 valence electrons. The predicted octanol–water partition coefficient (Wildman–Crippen LogP) is 2.08. The number of ether oxygens (including phenoxy) is 1. The minimum Gasteiger partial charge on any atom is -0.482 e. The second-order valence-corrected chi connectivity index (χ2v) is 10.5. The average molecular weight is 495 g/mol. The van der Waals surface area contributed by atoms with Crippen LogP contribution in [0, 0.1) is 5.82 Å². The number of amides is 1. The fraction of sp³-hybridized carbons (Fsp3) is 0.250. The quantitative estimate of drug-likeness (QED) is 0.341. The van der Waals surface area contributed by atoms with Crippen molar-refractivity contribution in [3.05, 3.63) is 60.2 Å². The van der Waals surface area contributed by atoms with Gasteiger partial charge in [0.25, 0.3) is 0 Å². The molecule has 1 atom stereocenters. The van der Waals surface area contributed by atoms with E-state index in [2.05, 4.69) is 15.5 Å². The highest BCUT2D eigenvalue weighted by Crippen LogP contribution is 2.24. The number of carbonyl (C=O) groups is 1. The molecule has 0 spiro atoms. The Morgan fingerprint density at radius 2 is 1.97 bits per heavy atom. The van der Waals surface area contributed by atoms with Crippen LogP contribution >= 0.6 is 11.8 Å². The van der Waals surface area contributed by atoms with Gasteiger partial charge in [-0.15, -0.1) is 10.2 Å². The summed E-state index contributed by atoms with van der Waals surface area (Å²) in [4.78, 5) is 12.7. The number of nitrogen functional groups attached to an aromatic ring is 1. The van der Waals surface area contributed by atoms with Gasteiger partial charge in [0.2, 0.25) is 21.1 Å². The van der Waals surface area contributed by atoms with Crippen LogP contribution in [0.3, 0.4) is 0 Å². The number of benzene rings is 2. The summed E-state index contributed by atoms with van der Waals surface area (Å²) < 4.78 is 45.9. The van der Waals surface area contributed by atoms with Gasteiger partial charge in [-0.2, -0.15) is 0 Å². The maximum absolute atomic E-state index is 13.7. The first-order chi connectivity index (χ1) is 15.6. The number of anilines is 1. The molecule has 0 saturated carbocycles. The van der Waals surface area contributed by atoms with Gasteiger partial charge < -0.3 is 15.9 Å². The van der Waals surface area contributed by atoms with Gasteiger partial charge >= 0.3 is 0 Å². The molecular weight excluding hydrogens is 471 g/mol. The molecule has 1 unspecified atom stereocenters. The van der Waals surface area contributed by atoms with Gasteiger partial charge in [-0.05, 0) is 37.3 Å². The monoisotopic (exact) mass is 494 g/mol. The Kier molecular flexibility index (Phi) is 7.56. The number of nitrogens with one attached hydrogen (secondary N) is 1. The SMILES string of the molecule is CC(Sc1nnc(COc2ccccc2F)n1N)C(=O)Nc1cccc(S(=O)(=O)N(C)C)c1. The summed E-state index contributed by atoms with van der Waals surface area (Å²) in [6.45, 7) is 1.53. The molecule has 10 nitrogen and oxygen atoms in total. The molecule has 1 amide bonds. The molecule has 0 aliphatic rings. The molecule has 1 heterocycles. The molecular formula is C20H23FN6O4S2. The summed E-state index contributed by atoms with van der Waals surface area (Å²) in [5.74, 6) is 5.40. The van der Waals surface area contributed by atoms with Crippen molar-refractivity contribution in [1.29, 1.82) is 0 Å². The van der Waals surface area contributed by atoms with Crippen molar-refractivity contribution >= 4 is 33.4 Å². The second-order valence-electron chi connectivity index (χ2n) is 7.05. The van der Waals surface area contributed by atoms with Crippen molar-refractivity contribution in [3.63, 3.8) is 0 Å². The van der Waals surface area contributed by atoms with E-state index in [1.807, 2.05) is 0 Å². The number of nitrogens with zero attached hydrogens (tertiary/aromatic N) is 4. The van der Waals surface area contributed by atoms with Crippen LogP contribution in [0.2, 0.25) is 0 Å². The zero-order chi connectivity index (χ0) is 24.2. The Morgan fingerprint density at radius 1 is 1.24 bits per heavy atom. The zero-order valence-electron chi connectivity index (χ0n) is 18.1. The van der Waals surface area contributed by atoms with E-state index in [0.717, 1.165) is 16.1 Å². The number of hydrogen-bond acceptors (Lipinski definition) is 8. The minimum absolute atomic E-state index is 0.0564. The van der Waals surface area contributed by atoms with Gasteiger partial charge in [-0.1, -0.05) is 30.0 Å². The Labute approximate surface area is 195 Å². The number of hydrogen-bond donors (Lipinski definition) is 2. The number of para-hydroxylation sites is 1. The summed E-state index contributed by atoms with van der Waals surface area (Å²) in [6, 6.07) is 11.9. The van der Waals surface area contributed by atoms with Gasteiger partial charge in [-0.3, -0.25) is 4.79 Å². The molecule has 2 aromatic carbocycles. The van der Waals surface area contributed by atoms with Crippen LogP contribution in [0.1, 0.15) is 12.7 Å². The number of nitrogens with two attached hydrogens (primary N) is 1. The van der Waals surface area contributed by atoms with E-state index in [-0.39, 0.29) is 34.1 Å². The highest BCUT2D eigenvalue weighted by molar-refractivity contribution is 8.00. The molecule has 1 aromatic heterocycles. The van der Waals surface area contributed by atoms with Crippen molar-refractivity contribution in [1.82, 2.24) is 19.2 Å². The standard InChI is InChI=1S/C20H23FN6O4S2/c1-13(19(28)23-14-7-6-8-15(11-14)33(29,30)26(2)3)32-20-25-24-18(27(20)22)12-31-17-10-5-4-9-16(17)21/h4-11,13H,12,22H2,1-3H3,(H,23,28). The van der Waals surface area contributed by atoms with Crippen LogP contribution in [-0.2, 0) is 21.4 Å². The normalized spacial score (nSPS) is 12.5. The number of halogens is 1. The van der Waals surface area contributed by atoms with Crippen molar-refractivity contribution in [2.45, 2.75) is 28.8 Å². The second kappa shape index (κ2) is 10.2. The molecule has 0 bridgehead atoms. The Bertz CT molecular complexity index is 1250. The Morgan fingerprint density at radius 3 is 2.67 bits per heavy atom. The summed E-state index contributed by atoms with van der Waals surface area (Å²) >= 11 is 1.05. The van der Waals surface area contributed by atoms with Gasteiger partial charge in [0, 0.05) is 19.8 Å². The van der Waals surface area contributed by atoms with E-state index in [1.165, 1.54) is 43.0 Å². The fourth-order valence-electron chi connectivity index (χ4n) is 2.59. The van der Waals surface area contributed by atoms with Crippen LogP contribution in [0.25, 0.3) is 0 Å². The lowest BCUT2D eigenvalue weighted by Gasteiger charge is -2.14. The lowest BCUT2D eigenvalue weighted by molar-refractivity contribution is -0.115. The average Bonchev–Trinajstić information content (AvgIpc) is 3.12. The number of rotatable bonds is 9. The third-order valence-electron chi connectivity index (χ3n) is 4.46. The van der Waals surface area contributed by atoms with E-state index >= 15 is 0 Å². The van der Waals surface area contributed by atoms with E-state index in [1.54, 1.807) is 31.2 Å². The third-order valence-corrected chi connectivity index (χ3v) is 7.33. The van der Waals surface area contributed by atoms with Crippen molar-refractivity contribution in [2.24, 2.45) is 0 Å². The fourth-order valence-corrected chi connectivity index (χ4v) is 4.33. The van der Waals surface area contributed by atoms with E-state index in [0.29, 0.717) is 5.69 Å². The molecule has 0 aliphatic carbocycles. The van der Waals surface area contributed by atoms with Crippen LogP contribution in [-0.4, -0.2) is 52.8 Å². The highest BCUT2D eigenvalue weighted by Gasteiger charge is 2.21. The molecule has 13 heteroatoms. The van der Waals surface area contributed by atoms with Crippen LogP contribution in [0.15, 0.2) is 58.6 Å². The molecule has 0 radical (unpaired) electrons. The van der Waals surface area contributed by atoms with Crippen molar-refractivity contribution < 1.29 is 22.3 Å². The van der Waals surface area contributed by atoms with Crippen LogP contribution in [0.4, 0.5) is 10.1 Å². The zero-order valence-corrected chi connectivity index (χ0v) is 19.7. The van der Waals surface area contributed by atoms with E-state index in [4.69, 9.17) is 10.6 Å². The maximum atomic E-state index is 13.7.